The number of carbonyl (C=O) groups is 3. The van der Waals surface area contributed by atoms with Gasteiger partial charge in [0.15, 0.2) is 0 Å². The van der Waals surface area contributed by atoms with Crippen LogP contribution < -0.4 is 10.1 Å². The number of ether oxygens (including phenoxy) is 1. The van der Waals surface area contributed by atoms with Crippen molar-refractivity contribution in [2.45, 2.75) is 51.5 Å². The van der Waals surface area contributed by atoms with Gasteiger partial charge in [-0.1, -0.05) is 35.9 Å². The SMILES string of the molecule is CCOc1ccc(CCC(=O)N2CCC(CC(=O)NC(Cc3ccc(Cl)cc3)C(=O)O)CC2)cc1. The Morgan fingerprint density at radius 1 is 1.06 bits per heavy atom. The van der Waals surface area contributed by atoms with Gasteiger partial charge in [0.25, 0.3) is 0 Å². The van der Waals surface area contributed by atoms with Gasteiger partial charge < -0.3 is 20.1 Å². The number of carbonyl (C=O) groups excluding carboxylic acids is 2. The van der Waals surface area contributed by atoms with Gasteiger partial charge in [-0.2, -0.15) is 0 Å². The van der Waals surface area contributed by atoms with E-state index in [1.165, 1.54) is 0 Å². The molecule has 3 rings (SSSR count). The first-order chi connectivity index (χ1) is 16.8. The zero-order valence-corrected chi connectivity index (χ0v) is 20.8. The van der Waals surface area contributed by atoms with Crippen LogP contribution in [0.5, 0.6) is 5.75 Å². The summed E-state index contributed by atoms with van der Waals surface area (Å²) in [6.45, 7) is 3.80. The van der Waals surface area contributed by atoms with E-state index in [0.29, 0.717) is 37.6 Å². The molecule has 1 atom stereocenters. The van der Waals surface area contributed by atoms with Crippen molar-refractivity contribution < 1.29 is 24.2 Å². The van der Waals surface area contributed by atoms with E-state index in [9.17, 15) is 19.5 Å². The lowest BCUT2D eigenvalue weighted by molar-refractivity contribution is -0.142. The Kier molecular flexibility index (Phi) is 9.97. The minimum absolute atomic E-state index is 0.121. The van der Waals surface area contributed by atoms with Gasteiger partial charge in [0.05, 0.1) is 6.61 Å². The van der Waals surface area contributed by atoms with Crippen molar-refractivity contribution in [1.82, 2.24) is 10.2 Å². The van der Waals surface area contributed by atoms with Crippen molar-refractivity contribution in [2.24, 2.45) is 5.92 Å². The maximum Gasteiger partial charge on any atom is 0.326 e. The number of carboxylic acids is 1. The molecule has 0 saturated carbocycles. The van der Waals surface area contributed by atoms with Gasteiger partial charge in [0.1, 0.15) is 11.8 Å². The molecule has 8 heteroatoms. The molecule has 0 bridgehead atoms. The Morgan fingerprint density at radius 2 is 1.69 bits per heavy atom. The predicted octanol–water partition coefficient (Wildman–Crippen LogP) is 4.11. The summed E-state index contributed by atoms with van der Waals surface area (Å²) >= 11 is 5.88. The van der Waals surface area contributed by atoms with Crippen LogP contribution >= 0.6 is 11.6 Å². The summed E-state index contributed by atoms with van der Waals surface area (Å²) in [4.78, 5) is 38.7. The normalized spacial score (nSPS) is 14.9. The molecular formula is C27H33ClN2O5. The van der Waals surface area contributed by atoms with Gasteiger partial charge in [0.2, 0.25) is 11.8 Å². The maximum absolute atomic E-state index is 12.6. The molecule has 1 fully saturated rings. The van der Waals surface area contributed by atoms with E-state index >= 15 is 0 Å². The van der Waals surface area contributed by atoms with Crippen LogP contribution in [0.3, 0.4) is 0 Å². The zero-order valence-electron chi connectivity index (χ0n) is 20.0. The number of likely N-dealkylation sites (tertiary alicyclic amines) is 1. The summed E-state index contributed by atoms with van der Waals surface area (Å²) in [6, 6.07) is 13.7. The number of carboxylic acid groups (broad SMARTS) is 1. The number of piperidine rings is 1. The molecule has 7 nitrogen and oxygen atoms in total. The quantitative estimate of drug-likeness (QED) is 0.484. The molecule has 1 unspecified atom stereocenters. The van der Waals surface area contributed by atoms with Crippen LogP contribution in [0.2, 0.25) is 5.02 Å². The molecule has 0 spiro atoms. The van der Waals surface area contributed by atoms with Crippen LogP contribution in [-0.4, -0.2) is 53.5 Å². The standard InChI is InChI=1S/C27H33ClN2O5/c1-2-35-23-10-5-19(6-11-23)7-12-26(32)30-15-13-21(14-16-30)18-25(31)29-24(27(33)34)17-20-3-8-22(28)9-4-20/h3-6,8-11,21,24H,2,7,12-18H2,1H3,(H,29,31)(H,33,34). The van der Waals surface area contributed by atoms with Crippen LogP contribution in [0, 0.1) is 5.92 Å². The van der Waals surface area contributed by atoms with Gasteiger partial charge in [-0.15, -0.1) is 0 Å². The average Bonchev–Trinajstić information content (AvgIpc) is 2.85. The Morgan fingerprint density at radius 3 is 2.29 bits per heavy atom. The summed E-state index contributed by atoms with van der Waals surface area (Å²) < 4.78 is 5.45. The number of benzene rings is 2. The molecule has 1 heterocycles. The van der Waals surface area contributed by atoms with E-state index in [1.54, 1.807) is 24.3 Å². The minimum atomic E-state index is -1.07. The topological polar surface area (TPSA) is 95.9 Å². The van der Waals surface area contributed by atoms with Crippen molar-refractivity contribution in [2.75, 3.05) is 19.7 Å². The predicted molar refractivity (Wildman–Crippen MR) is 135 cm³/mol. The number of aliphatic carboxylic acids is 1. The first-order valence-corrected chi connectivity index (χ1v) is 12.5. The highest BCUT2D eigenvalue weighted by Gasteiger charge is 2.26. The Labute approximate surface area is 211 Å². The van der Waals surface area contributed by atoms with E-state index in [1.807, 2.05) is 36.1 Å². The van der Waals surface area contributed by atoms with Crippen LogP contribution in [-0.2, 0) is 27.2 Å². The molecule has 2 N–H and O–H groups in total. The van der Waals surface area contributed by atoms with Gasteiger partial charge in [-0.25, -0.2) is 4.79 Å². The largest absolute Gasteiger partial charge is 0.494 e. The molecule has 1 aliphatic heterocycles. The van der Waals surface area contributed by atoms with Crippen LogP contribution in [0.15, 0.2) is 48.5 Å². The van der Waals surface area contributed by atoms with E-state index in [0.717, 1.165) is 29.7 Å². The second-order valence-electron chi connectivity index (χ2n) is 8.89. The molecule has 35 heavy (non-hydrogen) atoms. The molecule has 0 aliphatic carbocycles. The van der Waals surface area contributed by atoms with Crippen molar-refractivity contribution in [3.63, 3.8) is 0 Å². The summed E-state index contributed by atoms with van der Waals surface area (Å²) in [6.07, 6.45) is 3.05. The highest BCUT2D eigenvalue weighted by molar-refractivity contribution is 6.30. The van der Waals surface area contributed by atoms with E-state index in [-0.39, 0.29) is 30.6 Å². The fraction of sp³-hybridized carbons (Fsp3) is 0.444. The van der Waals surface area contributed by atoms with E-state index in [2.05, 4.69) is 5.32 Å². The smallest absolute Gasteiger partial charge is 0.326 e. The lowest BCUT2D eigenvalue weighted by Gasteiger charge is -2.32. The molecule has 1 aliphatic rings. The number of nitrogens with zero attached hydrogens (tertiary/aromatic N) is 1. The number of amides is 2. The second-order valence-corrected chi connectivity index (χ2v) is 9.33. The van der Waals surface area contributed by atoms with E-state index in [4.69, 9.17) is 16.3 Å². The molecule has 0 aromatic heterocycles. The highest BCUT2D eigenvalue weighted by atomic mass is 35.5. The fourth-order valence-corrected chi connectivity index (χ4v) is 4.41. The number of hydrogen-bond donors (Lipinski definition) is 2. The second kappa shape index (κ2) is 13.1. The monoisotopic (exact) mass is 500 g/mol. The summed E-state index contributed by atoms with van der Waals surface area (Å²) in [5.41, 5.74) is 1.89. The van der Waals surface area contributed by atoms with Crippen molar-refractivity contribution >= 4 is 29.4 Å². The van der Waals surface area contributed by atoms with Gasteiger partial charge in [0, 0.05) is 37.4 Å². The third kappa shape index (κ3) is 8.58. The van der Waals surface area contributed by atoms with Gasteiger partial charge in [-0.05, 0) is 67.5 Å². The Bertz CT molecular complexity index is 986. The summed E-state index contributed by atoms with van der Waals surface area (Å²) in [5.74, 6) is -0.257. The minimum Gasteiger partial charge on any atom is -0.494 e. The number of halogens is 1. The Balaban J connectivity index is 1.39. The zero-order chi connectivity index (χ0) is 25.2. The van der Waals surface area contributed by atoms with Crippen LogP contribution in [0.25, 0.3) is 0 Å². The van der Waals surface area contributed by atoms with Crippen molar-refractivity contribution in [3.05, 3.63) is 64.7 Å². The summed E-state index contributed by atoms with van der Waals surface area (Å²) in [5, 5.41) is 12.7. The third-order valence-corrected chi connectivity index (χ3v) is 6.54. The fourth-order valence-electron chi connectivity index (χ4n) is 4.29. The third-order valence-electron chi connectivity index (χ3n) is 6.29. The average molecular weight is 501 g/mol. The molecule has 1 saturated heterocycles. The Hall–Kier alpha value is -3.06. The van der Waals surface area contributed by atoms with E-state index < -0.39 is 12.0 Å². The lowest BCUT2D eigenvalue weighted by Crippen LogP contribution is -2.44. The molecule has 188 valence electrons. The molecule has 2 aromatic carbocycles. The molecule has 2 aromatic rings. The highest BCUT2D eigenvalue weighted by Crippen LogP contribution is 2.22. The molecule has 2 amide bonds. The maximum atomic E-state index is 12.6. The first-order valence-electron chi connectivity index (χ1n) is 12.1. The number of aryl methyl sites for hydroxylation is 1. The van der Waals surface area contributed by atoms with Gasteiger partial charge in [-0.3, -0.25) is 9.59 Å². The number of hydrogen-bond acceptors (Lipinski definition) is 4. The van der Waals surface area contributed by atoms with Crippen LogP contribution in [0.4, 0.5) is 0 Å². The van der Waals surface area contributed by atoms with Crippen LogP contribution in [0.1, 0.15) is 43.7 Å². The number of nitrogens with one attached hydrogen (secondary N) is 1. The lowest BCUT2D eigenvalue weighted by atomic mass is 9.92. The van der Waals surface area contributed by atoms with Gasteiger partial charge >= 0.3 is 5.97 Å². The number of rotatable bonds is 11. The van der Waals surface area contributed by atoms with Crippen molar-refractivity contribution in [3.8, 4) is 5.75 Å². The molecular weight excluding hydrogens is 468 g/mol. The first kappa shape index (κ1) is 26.5. The van der Waals surface area contributed by atoms with Crippen molar-refractivity contribution in [1.29, 1.82) is 0 Å². The molecule has 0 radical (unpaired) electrons. The summed E-state index contributed by atoms with van der Waals surface area (Å²) in [7, 11) is 0.